The van der Waals surface area contributed by atoms with Crippen LogP contribution >= 0.6 is 11.6 Å². The molecule has 1 amide bonds. The Bertz CT molecular complexity index is 439. The molecular weight excluding hydrogens is 258 g/mol. The van der Waals surface area contributed by atoms with Gasteiger partial charge in [-0.2, -0.15) is 0 Å². The lowest BCUT2D eigenvalue weighted by Crippen LogP contribution is -2.33. The van der Waals surface area contributed by atoms with E-state index in [1.165, 1.54) is 6.42 Å². The van der Waals surface area contributed by atoms with Crippen molar-refractivity contribution in [3.63, 3.8) is 0 Å². The highest BCUT2D eigenvalue weighted by Crippen LogP contribution is 2.36. The van der Waals surface area contributed by atoms with Gasteiger partial charge in [0, 0.05) is 17.5 Å². The molecule has 1 atom stereocenters. The van der Waals surface area contributed by atoms with Crippen LogP contribution in [0.5, 0.6) is 0 Å². The van der Waals surface area contributed by atoms with Crippen LogP contribution in [0.2, 0.25) is 5.02 Å². The minimum absolute atomic E-state index is 0.164. The molecule has 1 aliphatic rings. The van der Waals surface area contributed by atoms with Crippen molar-refractivity contribution in [3.8, 4) is 0 Å². The van der Waals surface area contributed by atoms with Gasteiger partial charge in [0.15, 0.2) is 0 Å². The third-order valence-electron chi connectivity index (χ3n) is 3.89. The number of carbonyl (C=O) groups excluding carboxylic acids is 1. The number of halogens is 1. The van der Waals surface area contributed by atoms with Gasteiger partial charge >= 0.3 is 0 Å². The Morgan fingerprint density at radius 3 is 2.63 bits per heavy atom. The summed E-state index contributed by atoms with van der Waals surface area (Å²) in [5, 5.41) is 3.89. The standard InChI is InChI=1S/C16H22ClNO/c1-16(2)10-9-14(11-16)18-15(19)8-5-12-3-6-13(17)7-4-12/h3-4,6-7,14H,5,8-11H2,1-2H3,(H,18,19). The van der Waals surface area contributed by atoms with Gasteiger partial charge in [-0.15, -0.1) is 0 Å². The second kappa shape index (κ2) is 5.96. The smallest absolute Gasteiger partial charge is 0.220 e. The molecule has 0 radical (unpaired) electrons. The first-order chi connectivity index (χ1) is 8.94. The van der Waals surface area contributed by atoms with Crippen molar-refractivity contribution in [3.05, 3.63) is 34.9 Å². The topological polar surface area (TPSA) is 29.1 Å². The van der Waals surface area contributed by atoms with Gasteiger partial charge in [-0.25, -0.2) is 0 Å². The molecule has 1 aromatic rings. The lowest BCUT2D eigenvalue weighted by molar-refractivity contribution is -0.121. The SMILES string of the molecule is CC1(C)CCC(NC(=O)CCc2ccc(Cl)cc2)C1. The lowest BCUT2D eigenvalue weighted by Gasteiger charge is -2.17. The summed E-state index contributed by atoms with van der Waals surface area (Å²) in [5.41, 5.74) is 1.54. The molecule has 1 unspecified atom stereocenters. The molecule has 2 nitrogen and oxygen atoms in total. The zero-order valence-corrected chi connectivity index (χ0v) is 12.5. The van der Waals surface area contributed by atoms with E-state index in [9.17, 15) is 4.79 Å². The second-order valence-electron chi connectivity index (χ2n) is 6.30. The number of hydrogen-bond acceptors (Lipinski definition) is 1. The second-order valence-corrected chi connectivity index (χ2v) is 6.73. The van der Waals surface area contributed by atoms with Crippen LogP contribution in [0.3, 0.4) is 0 Å². The van der Waals surface area contributed by atoms with Gasteiger partial charge in [-0.05, 0) is 48.8 Å². The molecule has 0 heterocycles. The fourth-order valence-electron chi connectivity index (χ4n) is 2.77. The zero-order valence-electron chi connectivity index (χ0n) is 11.7. The van der Waals surface area contributed by atoms with Crippen LogP contribution in [0.4, 0.5) is 0 Å². The third kappa shape index (κ3) is 4.54. The molecule has 2 rings (SSSR count). The Balaban J connectivity index is 1.74. The monoisotopic (exact) mass is 279 g/mol. The molecule has 3 heteroatoms. The molecular formula is C16H22ClNO. The largest absolute Gasteiger partial charge is 0.353 e. The summed E-state index contributed by atoms with van der Waals surface area (Å²) in [7, 11) is 0. The minimum Gasteiger partial charge on any atom is -0.353 e. The Kier molecular flexibility index (Phi) is 4.51. The van der Waals surface area contributed by atoms with E-state index in [4.69, 9.17) is 11.6 Å². The predicted octanol–water partition coefficient (Wildman–Crippen LogP) is 3.97. The number of rotatable bonds is 4. The molecule has 19 heavy (non-hydrogen) atoms. The van der Waals surface area contributed by atoms with Crippen LogP contribution in [0.15, 0.2) is 24.3 Å². The van der Waals surface area contributed by atoms with Crippen molar-refractivity contribution in [2.45, 2.75) is 52.0 Å². The predicted molar refractivity (Wildman–Crippen MR) is 79.3 cm³/mol. The number of aryl methyl sites for hydroxylation is 1. The van der Waals surface area contributed by atoms with E-state index >= 15 is 0 Å². The molecule has 0 bridgehead atoms. The first kappa shape index (κ1) is 14.4. The highest BCUT2D eigenvalue weighted by atomic mass is 35.5. The lowest BCUT2D eigenvalue weighted by atomic mass is 9.92. The van der Waals surface area contributed by atoms with Gasteiger partial charge in [0.2, 0.25) is 5.91 Å². The highest BCUT2D eigenvalue weighted by molar-refractivity contribution is 6.30. The van der Waals surface area contributed by atoms with E-state index in [0.29, 0.717) is 17.9 Å². The molecule has 0 spiro atoms. The van der Waals surface area contributed by atoms with Crippen molar-refractivity contribution in [2.24, 2.45) is 5.41 Å². The van der Waals surface area contributed by atoms with Crippen LogP contribution in [-0.2, 0) is 11.2 Å². The molecule has 0 saturated heterocycles. The molecule has 1 aromatic carbocycles. The van der Waals surface area contributed by atoms with Gasteiger partial charge in [-0.1, -0.05) is 37.6 Å². The molecule has 1 fully saturated rings. The van der Waals surface area contributed by atoms with Gasteiger partial charge in [-0.3, -0.25) is 4.79 Å². The molecule has 1 saturated carbocycles. The van der Waals surface area contributed by atoms with Crippen molar-refractivity contribution >= 4 is 17.5 Å². The first-order valence-corrected chi connectivity index (χ1v) is 7.36. The number of amides is 1. The summed E-state index contributed by atoms with van der Waals surface area (Å²) >= 11 is 5.84. The van der Waals surface area contributed by atoms with Gasteiger partial charge < -0.3 is 5.32 Å². The molecule has 1 N–H and O–H groups in total. The number of nitrogens with one attached hydrogen (secondary N) is 1. The average Bonchev–Trinajstić information content (AvgIpc) is 2.68. The number of hydrogen-bond donors (Lipinski definition) is 1. The summed E-state index contributed by atoms with van der Waals surface area (Å²) in [4.78, 5) is 11.9. The van der Waals surface area contributed by atoms with E-state index in [1.807, 2.05) is 24.3 Å². The van der Waals surface area contributed by atoms with Gasteiger partial charge in [0.25, 0.3) is 0 Å². The molecule has 0 aromatic heterocycles. The maximum atomic E-state index is 11.9. The Labute approximate surface area is 120 Å². The van der Waals surface area contributed by atoms with E-state index in [-0.39, 0.29) is 5.91 Å². The third-order valence-corrected chi connectivity index (χ3v) is 4.14. The van der Waals surface area contributed by atoms with Gasteiger partial charge in [0.05, 0.1) is 0 Å². The zero-order chi connectivity index (χ0) is 13.9. The molecule has 1 aliphatic carbocycles. The Morgan fingerprint density at radius 2 is 2.05 bits per heavy atom. The molecule has 104 valence electrons. The highest BCUT2D eigenvalue weighted by Gasteiger charge is 2.31. The first-order valence-electron chi connectivity index (χ1n) is 6.98. The van der Waals surface area contributed by atoms with Crippen LogP contribution in [0.1, 0.15) is 45.1 Å². The van der Waals surface area contributed by atoms with Crippen molar-refractivity contribution < 1.29 is 4.79 Å². The quantitative estimate of drug-likeness (QED) is 0.888. The van der Waals surface area contributed by atoms with E-state index in [0.717, 1.165) is 29.8 Å². The van der Waals surface area contributed by atoms with Crippen LogP contribution < -0.4 is 5.32 Å². The van der Waals surface area contributed by atoms with Crippen molar-refractivity contribution in [1.29, 1.82) is 0 Å². The van der Waals surface area contributed by atoms with Crippen LogP contribution in [0.25, 0.3) is 0 Å². The fraction of sp³-hybridized carbons (Fsp3) is 0.562. The number of carbonyl (C=O) groups is 1. The summed E-state index contributed by atoms with van der Waals surface area (Å²) in [5.74, 6) is 0.164. The molecule has 0 aliphatic heterocycles. The maximum Gasteiger partial charge on any atom is 0.220 e. The van der Waals surface area contributed by atoms with Crippen molar-refractivity contribution in [1.82, 2.24) is 5.32 Å². The van der Waals surface area contributed by atoms with Crippen molar-refractivity contribution in [2.75, 3.05) is 0 Å². The Hall–Kier alpha value is -1.02. The average molecular weight is 280 g/mol. The summed E-state index contributed by atoms with van der Waals surface area (Å²) in [6.07, 6.45) is 4.74. The normalized spacial score (nSPS) is 21.3. The van der Waals surface area contributed by atoms with E-state index < -0.39 is 0 Å². The van der Waals surface area contributed by atoms with Gasteiger partial charge in [0.1, 0.15) is 0 Å². The van der Waals surface area contributed by atoms with Crippen LogP contribution in [0, 0.1) is 5.41 Å². The number of benzene rings is 1. The van der Waals surface area contributed by atoms with Crippen LogP contribution in [-0.4, -0.2) is 11.9 Å². The summed E-state index contributed by atoms with van der Waals surface area (Å²) in [6, 6.07) is 8.07. The summed E-state index contributed by atoms with van der Waals surface area (Å²) < 4.78 is 0. The fourth-order valence-corrected chi connectivity index (χ4v) is 2.89. The Morgan fingerprint density at radius 1 is 1.37 bits per heavy atom. The van der Waals surface area contributed by atoms with E-state index in [2.05, 4.69) is 19.2 Å². The van der Waals surface area contributed by atoms with E-state index in [1.54, 1.807) is 0 Å². The maximum absolute atomic E-state index is 11.9. The minimum atomic E-state index is 0.164. The summed E-state index contributed by atoms with van der Waals surface area (Å²) in [6.45, 7) is 4.54.